The predicted octanol–water partition coefficient (Wildman–Crippen LogP) is 4.40. The maximum Gasteiger partial charge on any atom is 0.407 e. The second-order valence-electron chi connectivity index (χ2n) is 13.7. The number of aliphatic hydroxyl groups excluding tert-OH is 1. The molecular weight excluding hydrogens is 605 g/mol. The third-order valence-electron chi connectivity index (χ3n) is 10.0. The number of carbonyl (C=O) groups is 3. The number of hydrogen-bond acceptors (Lipinski definition) is 7. The standard InChI is InChI=1S/C35H48FN5O6/c1-22-7-9-26(42)18-33(44)47-34(23(2)8-10-27(22)31-20-38(4)13-14-40(31)35(45)46)24(3)15-25-16-29(36)28-19-37-41(30(28)17-25)21-32(43)39-11-5-6-12-39/h8,10,15-17,19,22-23,26-27,31,34,42H,5-7,9,11-14,18,20-21H2,1-4H3,(H,45,46)/b10-8+,24-15+/t22-,23-,26+,27-,31?,34-/m0/s1. The first-order valence-corrected chi connectivity index (χ1v) is 16.8. The van der Waals surface area contributed by atoms with Gasteiger partial charge in [0.25, 0.3) is 0 Å². The SMILES string of the molecule is C/C(=C\c1cc(F)c2cnn(CC(=O)N3CCCC3)c2c1)[C@H]1OC(=O)C[C@H](O)CC[C@H](C)[C@@H](C2CN(C)CCN2C(=O)O)/C=C/[C@@H]1C. The Morgan fingerprint density at radius 1 is 1.11 bits per heavy atom. The lowest BCUT2D eigenvalue weighted by molar-refractivity contribution is -0.151. The number of piperazine rings is 1. The second-order valence-corrected chi connectivity index (χ2v) is 13.7. The fourth-order valence-electron chi connectivity index (χ4n) is 7.27. The zero-order chi connectivity index (χ0) is 33.8. The fourth-order valence-corrected chi connectivity index (χ4v) is 7.27. The van der Waals surface area contributed by atoms with E-state index in [1.54, 1.807) is 17.0 Å². The van der Waals surface area contributed by atoms with Crippen LogP contribution >= 0.6 is 0 Å². The molecule has 0 saturated carbocycles. The van der Waals surface area contributed by atoms with Gasteiger partial charge in [0.1, 0.15) is 18.5 Å². The minimum Gasteiger partial charge on any atom is -0.465 e. The third kappa shape index (κ3) is 8.21. The number of ether oxygens (including phenoxy) is 1. The number of carbonyl (C=O) groups excluding carboxylic acids is 2. The summed E-state index contributed by atoms with van der Waals surface area (Å²) in [4.78, 5) is 43.5. The number of rotatable bonds is 5. The van der Waals surface area contributed by atoms with Crippen LogP contribution in [0.5, 0.6) is 0 Å². The maximum absolute atomic E-state index is 15.3. The highest BCUT2D eigenvalue weighted by molar-refractivity contribution is 5.84. The molecule has 2 N–H and O–H groups in total. The molecule has 5 rings (SSSR count). The number of likely N-dealkylation sites (tertiary alicyclic amines) is 1. The minimum absolute atomic E-state index is 0.0230. The van der Waals surface area contributed by atoms with Crippen LogP contribution in [0.15, 0.2) is 36.1 Å². The smallest absolute Gasteiger partial charge is 0.407 e. The number of aliphatic hydroxyl groups is 1. The average molecular weight is 654 g/mol. The Morgan fingerprint density at radius 2 is 1.85 bits per heavy atom. The summed E-state index contributed by atoms with van der Waals surface area (Å²) in [5.74, 6) is -1.42. The lowest BCUT2D eigenvalue weighted by Crippen LogP contribution is -2.57. The van der Waals surface area contributed by atoms with Gasteiger partial charge in [-0.05, 0) is 68.8 Å². The topological polar surface area (TPSA) is 128 Å². The van der Waals surface area contributed by atoms with Gasteiger partial charge in [0.2, 0.25) is 5.91 Å². The summed E-state index contributed by atoms with van der Waals surface area (Å²) in [5, 5.41) is 25.4. The van der Waals surface area contributed by atoms with E-state index >= 15 is 4.39 Å². The lowest BCUT2D eigenvalue weighted by atomic mass is 9.80. The molecule has 11 nitrogen and oxygen atoms in total. The van der Waals surface area contributed by atoms with Crippen LogP contribution < -0.4 is 0 Å². The Labute approximate surface area is 275 Å². The number of hydrogen-bond donors (Lipinski definition) is 2. The molecule has 1 unspecified atom stereocenters. The highest BCUT2D eigenvalue weighted by Gasteiger charge is 2.37. The summed E-state index contributed by atoms with van der Waals surface area (Å²) in [6, 6.07) is 2.92. The first-order chi connectivity index (χ1) is 22.4. The predicted molar refractivity (Wildman–Crippen MR) is 176 cm³/mol. The molecule has 4 heterocycles. The molecule has 2 aromatic rings. The molecule has 2 fully saturated rings. The summed E-state index contributed by atoms with van der Waals surface area (Å²) in [5.41, 5.74) is 1.71. The van der Waals surface area contributed by atoms with Crippen molar-refractivity contribution in [2.24, 2.45) is 17.8 Å². The Bertz CT molecular complexity index is 1520. The summed E-state index contributed by atoms with van der Waals surface area (Å²) in [6.07, 6.45) is 7.51. The molecule has 0 bridgehead atoms. The van der Waals surface area contributed by atoms with E-state index in [-0.39, 0.29) is 42.7 Å². The molecular formula is C35H48FN5O6. The van der Waals surface area contributed by atoms with Crippen LogP contribution in [0.3, 0.4) is 0 Å². The van der Waals surface area contributed by atoms with Crippen molar-refractivity contribution < 1.29 is 33.7 Å². The Balaban J connectivity index is 1.45. The van der Waals surface area contributed by atoms with Crippen LogP contribution in [-0.2, 0) is 20.9 Å². The number of likely N-dealkylation sites (N-methyl/N-ethyl adjacent to an activating group) is 1. The van der Waals surface area contributed by atoms with Gasteiger partial charge in [0, 0.05) is 44.6 Å². The van der Waals surface area contributed by atoms with Crippen LogP contribution in [0.4, 0.5) is 9.18 Å². The monoisotopic (exact) mass is 653 g/mol. The summed E-state index contributed by atoms with van der Waals surface area (Å²) in [7, 11) is 1.99. The van der Waals surface area contributed by atoms with Crippen LogP contribution in [0.1, 0.15) is 58.4 Å². The quantitative estimate of drug-likeness (QED) is 0.359. The van der Waals surface area contributed by atoms with Gasteiger partial charge in [0.05, 0.1) is 35.7 Å². The number of halogens is 1. The lowest BCUT2D eigenvalue weighted by Gasteiger charge is -2.43. The summed E-state index contributed by atoms with van der Waals surface area (Å²) >= 11 is 0. The first-order valence-electron chi connectivity index (χ1n) is 16.8. The molecule has 1 aromatic heterocycles. The van der Waals surface area contributed by atoms with Crippen molar-refractivity contribution in [2.75, 3.05) is 39.8 Å². The van der Waals surface area contributed by atoms with Gasteiger partial charge in [-0.1, -0.05) is 32.1 Å². The van der Waals surface area contributed by atoms with E-state index in [0.29, 0.717) is 54.5 Å². The van der Waals surface area contributed by atoms with Crippen molar-refractivity contribution >= 4 is 34.9 Å². The largest absolute Gasteiger partial charge is 0.465 e. The highest BCUT2D eigenvalue weighted by atomic mass is 19.1. The van der Waals surface area contributed by atoms with E-state index in [0.717, 1.165) is 25.9 Å². The van der Waals surface area contributed by atoms with Crippen molar-refractivity contribution in [3.05, 3.63) is 47.4 Å². The van der Waals surface area contributed by atoms with E-state index in [9.17, 15) is 24.6 Å². The molecule has 3 aliphatic heterocycles. The fraction of sp³-hybridized carbons (Fsp3) is 0.600. The number of aromatic nitrogens is 2. The van der Waals surface area contributed by atoms with Crippen molar-refractivity contribution in [1.82, 2.24) is 24.5 Å². The molecule has 47 heavy (non-hydrogen) atoms. The van der Waals surface area contributed by atoms with Gasteiger partial charge in [-0.3, -0.25) is 14.3 Å². The number of nitrogens with zero attached hydrogens (tertiary/aromatic N) is 5. The van der Waals surface area contributed by atoms with Gasteiger partial charge < -0.3 is 29.6 Å². The van der Waals surface area contributed by atoms with Crippen molar-refractivity contribution in [3.8, 4) is 0 Å². The molecule has 12 heteroatoms. The second kappa shape index (κ2) is 15.0. The van der Waals surface area contributed by atoms with E-state index in [4.69, 9.17) is 4.74 Å². The van der Waals surface area contributed by atoms with Crippen molar-refractivity contribution in [1.29, 1.82) is 0 Å². The van der Waals surface area contributed by atoms with E-state index in [2.05, 4.69) is 23.0 Å². The zero-order valence-electron chi connectivity index (χ0n) is 27.8. The molecule has 0 aliphatic carbocycles. The van der Waals surface area contributed by atoms with Gasteiger partial charge >= 0.3 is 12.1 Å². The molecule has 6 atom stereocenters. The highest BCUT2D eigenvalue weighted by Crippen LogP contribution is 2.32. The normalized spacial score (nSPS) is 29.3. The number of carboxylic acid groups (broad SMARTS) is 1. The molecule has 1 aromatic carbocycles. The number of cyclic esters (lactones) is 1. The summed E-state index contributed by atoms with van der Waals surface area (Å²) < 4.78 is 22.8. The Hall–Kier alpha value is -3.77. The van der Waals surface area contributed by atoms with Crippen LogP contribution in [0.25, 0.3) is 17.0 Å². The average Bonchev–Trinajstić information content (AvgIpc) is 3.69. The molecule has 2 amide bonds. The maximum atomic E-state index is 15.3. The van der Waals surface area contributed by atoms with Gasteiger partial charge in [-0.25, -0.2) is 9.18 Å². The molecule has 2 saturated heterocycles. The van der Waals surface area contributed by atoms with Crippen molar-refractivity contribution in [3.63, 3.8) is 0 Å². The Morgan fingerprint density at radius 3 is 2.57 bits per heavy atom. The number of benzene rings is 1. The Kier molecular flexibility index (Phi) is 11.0. The van der Waals surface area contributed by atoms with E-state index in [1.807, 2.05) is 27.0 Å². The van der Waals surface area contributed by atoms with Crippen LogP contribution in [-0.4, -0.2) is 111 Å². The van der Waals surface area contributed by atoms with Crippen LogP contribution in [0, 0.1) is 23.6 Å². The first kappa shape index (κ1) is 34.6. The van der Waals surface area contributed by atoms with Crippen molar-refractivity contribution in [2.45, 2.75) is 77.7 Å². The molecule has 256 valence electrons. The van der Waals surface area contributed by atoms with Gasteiger partial charge in [-0.2, -0.15) is 5.10 Å². The number of fused-ring (bicyclic) bond motifs is 1. The van der Waals surface area contributed by atoms with Crippen LogP contribution in [0.2, 0.25) is 0 Å². The zero-order valence-corrected chi connectivity index (χ0v) is 27.8. The van der Waals surface area contributed by atoms with E-state index < -0.39 is 30.1 Å². The van der Waals surface area contributed by atoms with Gasteiger partial charge in [-0.15, -0.1) is 0 Å². The third-order valence-corrected chi connectivity index (χ3v) is 10.0. The molecule has 0 radical (unpaired) electrons. The molecule has 3 aliphatic rings. The summed E-state index contributed by atoms with van der Waals surface area (Å²) in [6.45, 7) is 8.96. The molecule has 0 spiro atoms. The number of amides is 2. The minimum atomic E-state index is -0.945. The van der Waals surface area contributed by atoms with Gasteiger partial charge in [0.15, 0.2) is 0 Å². The number of esters is 1. The van der Waals surface area contributed by atoms with E-state index in [1.165, 1.54) is 21.8 Å².